The van der Waals surface area contributed by atoms with Gasteiger partial charge < -0.3 is 15.8 Å². The molecule has 3 rings (SSSR count). The molecule has 0 spiro atoms. The fourth-order valence-corrected chi connectivity index (χ4v) is 3.39. The lowest BCUT2D eigenvalue weighted by Gasteiger charge is -2.08. The minimum absolute atomic E-state index is 0.324. The van der Waals surface area contributed by atoms with E-state index >= 15 is 0 Å². The fraction of sp³-hybridized carbons (Fsp3) is 0.100. The number of primary amides is 1. The van der Waals surface area contributed by atoms with Gasteiger partial charge in [0, 0.05) is 10.4 Å². The highest BCUT2D eigenvalue weighted by Gasteiger charge is 2.16. The lowest BCUT2D eigenvalue weighted by Crippen LogP contribution is -2.16. The topological polar surface area (TPSA) is 81.4 Å². The molecule has 0 saturated carbocycles. The molecule has 6 heteroatoms. The summed E-state index contributed by atoms with van der Waals surface area (Å²) in [6, 6.07) is 17.9. The zero-order valence-corrected chi connectivity index (χ0v) is 15.0. The molecular weight excluding hydrogens is 348 g/mol. The van der Waals surface area contributed by atoms with Gasteiger partial charge in [-0.05, 0) is 42.8 Å². The second-order valence-corrected chi connectivity index (χ2v) is 6.71. The highest BCUT2D eigenvalue weighted by molar-refractivity contribution is 7.16. The average Bonchev–Trinajstić information content (AvgIpc) is 3.06. The van der Waals surface area contributed by atoms with Crippen LogP contribution >= 0.6 is 11.3 Å². The maximum Gasteiger partial charge on any atom is 0.256 e. The van der Waals surface area contributed by atoms with Crippen LogP contribution in [0.3, 0.4) is 0 Å². The molecule has 2 amide bonds. The van der Waals surface area contributed by atoms with E-state index in [0.717, 1.165) is 11.3 Å². The number of nitrogens with two attached hydrogens (primary N) is 1. The zero-order valence-electron chi connectivity index (χ0n) is 14.2. The molecule has 5 nitrogen and oxygen atoms in total. The lowest BCUT2D eigenvalue weighted by molar-refractivity contribution is 0.100. The van der Waals surface area contributed by atoms with Crippen molar-refractivity contribution >= 4 is 28.2 Å². The maximum atomic E-state index is 12.6. The first-order valence-corrected chi connectivity index (χ1v) is 8.95. The molecule has 132 valence electrons. The van der Waals surface area contributed by atoms with Crippen LogP contribution in [-0.2, 0) is 6.42 Å². The number of hydrogen-bond acceptors (Lipinski definition) is 4. The van der Waals surface area contributed by atoms with Crippen LogP contribution < -0.4 is 15.8 Å². The second kappa shape index (κ2) is 7.84. The molecule has 1 heterocycles. The number of para-hydroxylation sites is 1. The van der Waals surface area contributed by atoms with Crippen LogP contribution in [0.15, 0.2) is 60.7 Å². The van der Waals surface area contributed by atoms with E-state index in [2.05, 4.69) is 5.32 Å². The maximum absolute atomic E-state index is 12.6. The van der Waals surface area contributed by atoms with Gasteiger partial charge in [-0.1, -0.05) is 31.2 Å². The summed E-state index contributed by atoms with van der Waals surface area (Å²) in [4.78, 5) is 25.1. The Hall–Kier alpha value is -3.12. The molecule has 3 N–H and O–H groups in total. The van der Waals surface area contributed by atoms with Crippen LogP contribution in [0.4, 0.5) is 5.00 Å². The molecule has 1 aromatic heterocycles. The quantitative estimate of drug-likeness (QED) is 0.676. The van der Waals surface area contributed by atoms with E-state index in [9.17, 15) is 9.59 Å². The molecule has 0 unspecified atom stereocenters. The van der Waals surface area contributed by atoms with Crippen molar-refractivity contribution in [3.63, 3.8) is 0 Å². The van der Waals surface area contributed by atoms with Crippen molar-refractivity contribution in [1.82, 2.24) is 0 Å². The van der Waals surface area contributed by atoms with E-state index in [1.807, 2.05) is 37.3 Å². The average molecular weight is 366 g/mol. The molecule has 0 aliphatic rings. The minimum atomic E-state index is -0.558. The van der Waals surface area contributed by atoms with E-state index in [1.54, 1.807) is 30.3 Å². The first-order chi connectivity index (χ1) is 12.6. The molecule has 0 fully saturated rings. The third-order valence-corrected chi connectivity index (χ3v) is 4.89. The van der Waals surface area contributed by atoms with E-state index in [4.69, 9.17) is 10.5 Å². The Balaban J connectivity index is 1.79. The van der Waals surface area contributed by atoms with Gasteiger partial charge in [0.05, 0.1) is 5.56 Å². The van der Waals surface area contributed by atoms with Gasteiger partial charge in [0.25, 0.3) is 11.8 Å². The van der Waals surface area contributed by atoms with Gasteiger partial charge in [0.15, 0.2) is 0 Å². The van der Waals surface area contributed by atoms with Crippen LogP contribution in [0.1, 0.15) is 32.5 Å². The lowest BCUT2D eigenvalue weighted by atomic mass is 10.2. The normalized spacial score (nSPS) is 10.3. The van der Waals surface area contributed by atoms with E-state index in [1.165, 1.54) is 11.3 Å². The summed E-state index contributed by atoms with van der Waals surface area (Å²) < 4.78 is 5.75. The smallest absolute Gasteiger partial charge is 0.256 e. The Bertz CT molecular complexity index is 935. The first kappa shape index (κ1) is 17.7. The summed E-state index contributed by atoms with van der Waals surface area (Å²) in [7, 11) is 0. The number of hydrogen-bond donors (Lipinski definition) is 2. The highest BCUT2D eigenvalue weighted by atomic mass is 32.1. The third-order valence-electron chi connectivity index (χ3n) is 3.70. The number of carbonyl (C=O) groups excluding carboxylic acids is 2. The summed E-state index contributed by atoms with van der Waals surface area (Å²) >= 11 is 1.35. The molecule has 26 heavy (non-hydrogen) atoms. The van der Waals surface area contributed by atoms with Crippen LogP contribution in [0.2, 0.25) is 0 Å². The predicted molar refractivity (Wildman–Crippen MR) is 103 cm³/mol. The Morgan fingerprint density at radius 2 is 1.77 bits per heavy atom. The number of thiophene rings is 1. The van der Waals surface area contributed by atoms with Crippen LogP contribution in [0.5, 0.6) is 11.5 Å². The number of carbonyl (C=O) groups is 2. The monoisotopic (exact) mass is 366 g/mol. The molecule has 3 aromatic rings. The first-order valence-electron chi connectivity index (χ1n) is 8.13. The number of ether oxygens (including phenoxy) is 1. The van der Waals surface area contributed by atoms with Crippen molar-refractivity contribution in [2.24, 2.45) is 5.73 Å². The number of nitrogens with one attached hydrogen (secondary N) is 1. The number of amides is 2. The van der Waals surface area contributed by atoms with E-state index in [0.29, 0.717) is 27.6 Å². The van der Waals surface area contributed by atoms with Crippen molar-refractivity contribution < 1.29 is 14.3 Å². The Kier molecular flexibility index (Phi) is 5.34. The Morgan fingerprint density at radius 3 is 2.46 bits per heavy atom. The molecule has 0 aliphatic heterocycles. The number of anilines is 1. The molecule has 0 saturated heterocycles. The number of aryl methyl sites for hydroxylation is 1. The standard InChI is InChI=1S/C20H18N2O3S/c1-2-16-12-17(18(21)23)20(26-16)22-19(24)13-7-6-10-15(11-13)25-14-8-4-3-5-9-14/h3-12H,2H2,1H3,(H2,21,23)(H,22,24). The van der Waals surface area contributed by atoms with E-state index < -0.39 is 5.91 Å². The largest absolute Gasteiger partial charge is 0.457 e. The van der Waals surface area contributed by atoms with Gasteiger partial charge >= 0.3 is 0 Å². The molecule has 0 aliphatic carbocycles. The Morgan fingerprint density at radius 1 is 1.04 bits per heavy atom. The van der Waals surface area contributed by atoms with Crippen molar-refractivity contribution in [2.45, 2.75) is 13.3 Å². The molecular formula is C20H18N2O3S. The predicted octanol–water partition coefficient (Wildman–Crippen LogP) is 4.45. The summed E-state index contributed by atoms with van der Waals surface area (Å²) in [5.74, 6) is 0.360. The second-order valence-electron chi connectivity index (χ2n) is 5.57. The third kappa shape index (κ3) is 4.10. The Labute approximate surface area is 155 Å². The van der Waals surface area contributed by atoms with Crippen molar-refractivity contribution in [1.29, 1.82) is 0 Å². The SMILES string of the molecule is CCc1cc(C(N)=O)c(NC(=O)c2cccc(Oc3ccccc3)c2)s1. The van der Waals surface area contributed by atoms with Crippen LogP contribution in [0, 0.1) is 0 Å². The van der Waals surface area contributed by atoms with Gasteiger partial charge in [0.2, 0.25) is 0 Å². The van der Waals surface area contributed by atoms with Crippen LogP contribution in [-0.4, -0.2) is 11.8 Å². The molecule has 2 aromatic carbocycles. The van der Waals surface area contributed by atoms with Gasteiger partial charge in [-0.3, -0.25) is 9.59 Å². The van der Waals surface area contributed by atoms with Crippen molar-refractivity contribution in [3.8, 4) is 11.5 Å². The summed E-state index contributed by atoms with van der Waals surface area (Å²) in [5, 5.41) is 3.24. The van der Waals surface area contributed by atoms with Gasteiger partial charge in [0.1, 0.15) is 16.5 Å². The summed E-state index contributed by atoms with van der Waals surface area (Å²) in [5.41, 5.74) is 6.16. The van der Waals surface area contributed by atoms with Gasteiger partial charge in [-0.2, -0.15) is 0 Å². The number of rotatable bonds is 6. The van der Waals surface area contributed by atoms with Gasteiger partial charge in [-0.15, -0.1) is 11.3 Å². The van der Waals surface area contributed by atoms with Crippen molar-refractivity contribution in [2.75, 3.05) is 5.32 Å². The molecule has 0 radical (unpaired) electrons. The summed E-state index contributed by atoms with van der Waals surface area (Å²) in [6.07, 6.45) is 0.765. The zero-order chi connectivity index (χ0) is 18.5. The molecule has 0 atom stereocenters. The van der Waals surface area contributed by atoms with Gasteiger partial charge in [-0.25, -0.2) is 0 Å². The van der Waals surface area contributed by atoms with Crippen LogP contribution in [0.25, 0.3) is 0 Å². The highest BCUT2D eigenvalue weighted by Crippen LogP contribution is 2.29. The molecule has 0 bridgehead atoms. The minimum Gasteiger partial charge on any atom is -0.457 e. The van der Waals surface area contributed by atoms with E-state index in [-0.39, 0.29) is 5.91 Å². The van der Waals surface area contributed by atoms with Crippen molar-refractivity contribution in [3.05, 3.63) is 76.7 Å². The number of benzene rings is 2. The fourth-order valence-electron chi connectivity index (χ4n) is 2.39. The summed E-state index contributed by atoms with van der Waals surface area (Å²) in [6.45, 7) is 1.98.